The average Bonchev–Trinajstić information content (AvgIpc) is 3.03. The Balaban J connectivity index is 0.000000277. The van der Waals surface area contributed by atoms with E-state index in [9.17, 15) is 4.79 Å². The predicted octanol–water partition coefficient (Wildman–Crippen LogP) is 3.93. The number of aromatic nitrogens is 2. The summed E-state index contributed by atoms with van der Waals surface area (Å²) in [4.78, 5) is 14.5. The van der Waals surface area contributed by atoms with Crippen LogP contribution in [0.1, 0.15) is 38.1 Å². The van der Waals surface area contributed by atoms with E-state index in [4.69, 9.17) is 4.52 Å². The Morgan fingerprint density at radius 1 is 1.46 bits per heavy atom. The quantitative estimate of drug-likeness (QED) is 0.360. The highest BCUT2D eigenvalue weighted by molar-refractivity contribution is 5.81. The smallest absolute Gasteiger partial charge is 0.330 e. The van der Waals surface area contributed by atoms with E-state index in [1.807, 2.05) is 38.1 Å². The summed E-state index contributed by atoms with van der Waals surface area (Å²) >= 11 is 0. The van der Waals surface area contributed by atoms with Gasteiger partial charge in [0.15, 0.2) is 0 Å². The number of ether oxygens (including phenoxy) is 1. The molecule has 1 aromatic heterocycles. The van der Waals surface area contributed by atoms with Crippen molar-refractivity contribution in [3.05, 3.63) is 48.4 Å². The molecule has 0 fully saturated rings. The summed E-state index contributed by atoms with van der Waals surface area (Å²) in [6.45, 7) is 9.40. The lowest BCUT2D eigenvalue weighted by Gasteiger charge is -1.97. The summed E-state index contributed by atoms with van der Waals surface area (Å²) in [5, 5.41) is 3.85. The Bertz CT molecular complexity index is 723. The van der Waals surface area contributed by atoms with Crippen LogP contribution in [-0.4, -0.2) is 22.7 Å². The minimum atomic E-state index is -0.330. The molecule has 0 spiro atoms. The second-order valence-electron chi connectivity index (χ2n) is 4.82. The summed E-state index contributed by atoms with van der Waals surface area (Å²) in [6, 6.07) is 7.76. The Morgan fingerprint density at radius 3 is 2.83 bits per heavy atom. The van der Waals surface area contributed by atoms with Crippen molar-refractivity contribution in [2.24, 2.45) is 0 Å². The molecule has 0 aliphatic rings. The summed E-state index contributed by atoms with van der Waals surface area (Å²) in [7, 11) is 0. The molecule has 0 saturated heterocycles. The van der Waals surface area contributed by atoms with Gasteiger partial charge in [0.25, 0.3) is 0 Å². The van der Waals surface area contributed by atoms with Crippen LogP contribution in [0.2, 0.25) is 0 Å². The summed E-state index contributed by atoms with van der Waals surface area (Å²) < 4.78 is 9.60. The van der Waals surface area contributed by atoms with Gasteiger partial charge in [-0.05, 0) is 25.5 Å². The SMILES string of the molecule is C=CC(=O)OCCCC.CC#Cc1cccc(-c2noc(C)n2)c1. The molecule has 5 nitrogen and oxygen atoms in total. The topological polar surface area (TPSA) is 65.2 Å². The van der Waals surface area contributed by atoms with Crippen LogP contribution in [0.25, 0.3) is 11.4 Å². The number of unbranched alkanes of at least 4 members (excludes halogenated alkanes) is 1. The lowest BCUT2D eigenvalue weighted by Crippen LogP contribution is -2.00. The first-order valence-electron chi connectivity index (χ1n) is 7.73. The zero-order valence-corrected chi connectivity index (χ0v) is 14.3. The molecule has 24 heavy (non-hydrogen) atoms. The highest BCUT2D eigenvalue weighted by Gasteiger charge is 2.05. The molecule has 0 atom stereocenters. The van der Waals surface area contributed by atoms with Crippen molar-refractivity contribution >= 4 is 5.97 Å². The fourth-order valence-electron chi connectivity index (χ4n) is 1.67. The molecule has 0 radical (unpaired) electrons. The normalized spacial score (nSPS) is 9.12. The predicted molar refractivity (Wildman–Crippen MR) is 93.1 cm³/mol. The van der Waals surface area contributed by atoms with Crippen LogP contribution in [0.15, 0.2) is 41.4 Å². The lowest BCUT2D eigenvalue weighted by molar-refractivity contribution is -0.137. The third-order valence-corrected chi connectivity index (χ3v) is 2.83. The van der Waals surface area contributed by atoms with Gasteiger partial charge in [0.2, 0.25) is 11.7 Å². The largest absolute Gasteiger partial charge is 0.463 e. The van der Waals surface area contributed by atoms with E-state index in [0.29, 0.717) is 18.3 Å². The maximum absolute atomic E-state index is 10.3. The number of hydrogen-bond acceptors (Lipinski definition) is 5. The zero-order chi connectivity index (χ0) is 17.8. The molecular formula is C19H22N2O3. The molecular weight excluding hydrogens is 304 g/mol. The first kappa shape index (κ1) is 19.2. The highest BCUT2D eigenvalue weighted by atomic mass is 16.5. The lowest BCUT2D eigenvalue weighted by atomic mass is 10.1. The molecule has 2 aromatic rings. The van der Waals surface area contributed by atoms with E-state index >= 15 is 0 Å². The molecule has 0 bridgehead atoms. The van der Waals surface area contributed by atoms with E-state index in [1.54, 1.807) is 6.92 Å². The maximum Gasteiger partial charge on any atom is 0.330 e. The Labute approximate surface area is 142 Å². The van der Waals surface area contributed by atoms with E-state index in [2.05, 4.69) is 33.3 Å². The number of rotatable bonds is 5. The fourth-order valence-corrected chi connectivity index (χ4v) is 1.67. The molecule has 1 heterocycles. The highest BCUT2D eigenvalue weighted by Crippen LogP contribution is 2.16. The van der Waals surface area contributed by atoms with Gasteiger partial charge in [0.05, 0.1) is 6.61 Å². The molecule has 126 valence electrons. The molecule has 0 aliphatic carbocycles. The van der Waals surface area contributed by atoms with Crippen LogP contribution in [0.4, 0.5) is 0 Å². The van der Waals surface area contributed by atoms with Crippen molar-refractivity contribution in [2.75, 3.05) is 6.61 Å². The van der Waals surface area contributed by atoms with E-state index in [0.717, 1.165) is 24.0 Å². The molecule has 0 N–H and O–H groups in total. The van der Waals surface area contributed by atoms with Gasteiger partial charge in [-0.1, -0.05) is 43.1 Å². The van der Waals surface area contributed by atoms with Crippen molar-refractivity contribution in [1.82, 2.24) is 10.1 Å². The first-order valence-corrected chi connectivity index (χ1v) is 7.73. The summed E-state index contributed by atoms with van der Waals surface area (Å²) in [6.07, 6.45) is 3.15. The molecule has 0 aliphatic heterocycles. The van der Waals surface area contributed by atoms with Crippen LogP contribution in [0, 0.1) is 18.8 Å². The number of carbonyl (C=O) groups excluding carboxylic acids is 1. The van der Waals surface area contributed by atoms with Crippen LogP contribution in [-0.2, 0) is 9.53 Å². The van der Waals surface area contributed by atoms with Crippen LogP contribution < -0.4 is 0 Å². The second kappa shape index (κ2) is 10.8. The third kappa shape index (κ3) is 6.93. The van der Waals surface area contributed by atoms with Gasteiger partial charge in [-0.15, -0.1) is 5.92 Å². The molecule has 2 rings (SSSR count). The number of aryl methyl sites for hydroxylation is 1. The number of nitrogens with zero attached hydrogens (tertiary/aromatic N) is 2. The van der Waals surface area contributed by atoms with Gasteiger partial charge >= 0.3 is 5.97 Å². The third-order valence-electron chi connectivity index (χ3n) is 2.83. The first-order chi connectivity index (χ1) is 11.6. The van der Waals surface area contributed by atoms with E-state index in [1.165, 1.54) is 6.08 Å². The van der Waals surface area contributed by atoms with Gasteiger partial charge < -0.3 is 9.26 Å². The van der Waals surface area contributed by atoms with Gasteiger partial charge in [0, 0.05) is 24.1 Å². The van der Waals surface area contributed by atoms with E-state index in [-0.39, 0.29) is 5.97 Å². The van der Waals surface area contributed by atoms with E-state index < -0.39 is 0 Å². The van der Waals surface area contributed by atoms with Crippen LogP contribution in [0.3, 0.4) is 0 Å². The fraction of sp³-hybridized carbons (Fsp3) is 0.316. The minimum Gasteiger partial charge on any atom is -0.463 e. The Morgan fingerprint density at radius 2 is 2.25 bits per heavy atom. The maximum atomic E-state index is 10.3. The van der Waals surface area contributed by atoms with Crippen LogP contribution >= 0.6 is 0 Å². The number of carbonyl (C=O) groups is 1. The van der Waals surface area contributed by atoms with Crippen molar-refractivity contribution < 1.29 is 14.1 Å². The van der Waals surface area contributed by atoms with Crippen LogP contribution in [0.5, 0.6) is 0 Å². The van der Waals surface area contributed by atoms with Crippen molar-refractivity contribution in [3.63, 3.8) is 0 Å². The number of hydrogen-bond donors (Lipinski definition) is 0. The zero-order valence-electron chi connectivity index (χ0n) is 14.3. The van der Waals surface area contributed by atoms with Crippen molar-refractivity contribution in [1.29, 1.82) is 0 Å². The molecule has 0 saturated carbocycles. The number of benzene rings is 1. The minimum absolute atomic E-state index is 0.330. The van der Waals surface area contributed by atoms with Gasteiger partial charge in [-0.25, -0.2) is 4.79 Å². The number of esters is 1. The van der Waals surface area contributed by atoms with Gasteiger partial charge in [-0.2, -0.15) is 4.98 Å². The van der Waals surface area contributed by atoms with Crippen molar-refractivity contribution in [3.8, 4) is 23.2 Å². The average molecular weight is 326 g/mol. The second-order valence-corrected chi connectivity index (χ2v) is 4.82. The Kier molecular flexibility index (Phi) is 8.62. The Hall–Kier alpha value is -2.87. The summed E-state index contributed by atoms with van der Waals surface area (Å²) in [5.74, 6) is 6.68. The standard InChI is InChI=1S/C12H10N2O.C7H12O2/c1-3-5-10-6-4-7-11(8-10)12-13-9(2)15-14-12;1-3-5-6-9-7(8)4-2/h4,6-8H,1-2H3;4H,2-3,5-6H2,1H3. The van der Waals surface area contributed by atoms with Crippen molar-refractivity contribution in [2.45, 2.75) is 33.6 Å². The van der Waals surface area contributed by atoms with Gasteiger partial charge in [0.1, 0.15) is 0 Å². The molecule has 1 aromatic carbocycles. The molecule has 0 unspecified atom stereocenters. The molecule has 5 heteroatoms. The molecule has 0 amide bonds. The summed E-state index contributed by atoms with van der Waals surface area (Å²) in [5.41, 5.74) is 1.88. The van der Waals surface area contributed by atoms with Gasteiger partial charge in [-0.3, -0.25) is 0 Å². The monoisotopic (exact) mass is 326 g/mol.